The summed E-state index contributed by atoms with van der Waals surface area (Å²) in [6, 6.07) is 0. The minimum atomic E-state index is 0.545. The van der Waals surface area contributed by atoms with Gasteiger partial charge in [0.2, 0.25) is 0 Å². The maximum Gasteiger partial charge on any atom is 0.108 e. The van der Waals surface area contributed by atoms with Gasteiger partial charge >= 0.3 is 0 Å². The average molecular weight is 181 g/mol. The molecule has 0 aliphatic carbocycles. The Labute approximate surface area is 80.0 Å². The minimum Gasteiger partial charge on any atom is -0.335 e. The fraction of sp³-hybridized carbons (Fsp3) is 0.700. The van der Waals surface area contributed by atoms with Crippen LogP contribution in [0.25, 0.3) is 0 Å². The van der Waals surface area contributed by atoms with Gasteiger partial charge in [-0.05, 0) is 18.9 Å². The highest BCUT2D eigenvalue weighted by Gasteiger charge is 2.08. The maximum atomic E-state index is 5.46. The first-order chi connectivity index (χ1) is 6.16. The lowest BCUT2D eigenvalue weighted by Gasteiger charge is -2.07. The third kappa shape index (κ3) is 2.31. The number of nitrogens with two attached hydrogens (primary N) is 1. The Morgan fingerprint density at radius 2 is 2.23 bits per heavy atom. The topological polar surface area (TPSA) is 43.8 Å². The van der Waals surface area contributed by atoms with E-state index in [1.807, 2.05) is 6.20 Å². The lowest BCUT2D eigenvalue weighted by atomic mass is 10.1. The van der Waals surface area contributed by atoms with Crippen molar-refractivity contribution in [3.05, 3.63) is 17.7 Å². The zero-order valence-corrected chi connectivity index (χ0v) is 8.75. The number of aromatic nitrogens is 2. The molecule has 3 nitrogen and oxygen atoms in total. The van der Waals surface area contributed by atoms with Crippen LogP contribution in [-0.2, 0) is 13.5 Å². The first kappa shape index (κ1) is 10.3. The van der Waals surface area contributed by atoms with Crippen LogP contribution in [-0.4, -0.2) is 16.1 Å². The van der Waals surface area contributed by atoms with E-state index >= 15 is 0 Å². The van der Waals surface area contributed by atoms with Crippen molar-refractivity contribution in [2.24, 2.45) is 12.8 Å². The number of imidazole rings is 1. The molecule has 0 saturated heterocycles. The third-order valence-corrected chi connectivity index (χ3v) is 2.32. The molecule has 74 valence electrons. The van der Waals surface area contributed by atoms with E-state index < -0.39 is 0 Å². The monoisotopic (exact) mass is 181 g/mol. The quantitative estimate of drug-likeness (QED) is 0.763. The molecule has 1 aromatic heterocycles. The van der Waals surface area contributed by atoms with Crippen molar-refractivity contribution < 1.29 is 0 Å². The summed E-state index contributed by atoms with van der Waals surface area (Å²) in [6.45, 7) is 5.11. The van der Waals surface area contributed by atoms with Crippen molar-refractivity contribution in [3.63, 3.8) is 0 Å². The first-order valence-electron chi connectivity index (χ1n) is 4.87. The summed E-state index contributed by atoms with van der Waals surface area (Å²) < 4.78 is 2.18. The van der Waals surface area contributed by atoms with Crippen molar-refractivity contribution in [1.82, 2.24) is 9.55 Å². The SMILES string of the molecule is CC(C)c1cnc(CCCN)n1C. The van der Waals surface area contributed by atoms with Gasteiger partial charge in [0.1, 0.15) is 5.82 Å². The smallest absolute Gasteiger partial charge is 0.108 e. The van der Waals surface area contributed by atoms with Crippen molar-refractivity contribution in [3.8, 4) is 0 Å². The minimum absolute atomic E-state index is 0.545. The Bertz CT molecular complexity index is 263. The fourth-order valence-corrected chi connectivity index (χ4v) is 1.49. The van der Waals surface area contributed by atoms with Gasteiger partial charge in [0.25, 0.3) is 0 Å². The second-order valence-corrected chi connectivity index (χ2v) is 3.71. The van der Waals surface area contributed by atoms with Gasteiger partial charge in [-0.2, -0.15) is 0 Å². The summed E-state index contributed by atoms with van der Waals surface area (Å²) in [6.07, 6.45) is 3.97. The molecule has 0 atom stereocenters. The highest BCUT2D eigenvalue weighted by molar-refractivity contribution is 5.08. The second-order valence-electron chi connectivity index (χ2n) is 3.71. The van der Waals surface area contributed by atoms with Crippen LogP contribution in [0.3, 0.4) is 0 Å². The van der Waals surface area contributed by atoms with E-state index in [9.17, 15) is 0 Å². The molecular formula is C10H19N3. The van der Waals surface area contributed by atoms with Crippen molar-refractivity contribution in [1.29, 1.82) is 0 Å². The lowest BCUT2D eigenvalue weighted by Crippen LogP contribution is -2.06. The van der Waals surface area contributed by atoms with E-state index in [0.29, 0.717) is 5.92 Å². The van der Waals surface area contributed by atoms with Crippen molar-refractivity contribution >= 4 is 0 Å². The van der Waals surface area contributed by atoms with Crippen LogP contribution in [0, 0.1) is 0 Å². The molecule has 0 spiro atoms. The molecule has 0 aliphatic rings. The standard InChI is InChI=1S/C10H19N3/c1-8(2)9-7-12-10(13(9)3)5-4-6-11/h7-8H,4-6,11H2,1-3H3. The third-order valence-electron chi connectivity index (χ3n) is 2.32. The molecule has 0 unspecified atom stereocenters. The number of hydrogen-bond donors (Lipinski definition) is 1. The van der Waals surface area contributed by atoms with Crippen LogP contribution in [0.15, 0.2) is 6.20 Å². The number of aryl methyl sites for hydroxylation is 1. The van der Waals surface area contributed by atoms with Gasteiger partial charge in [0.15, 0.2) is 0 Å². The van der Waals surface area contributed by atoms with Gasteiger partial charge in [0, 0.05) is 25.4 Å². The van der Waals surface area contributed by atoms with Crippen LogP contribution in [0.4, 0.5) is 0 Å². The summed E-state index contributed by atoms with van der Waals surface area (Å²) in [5.74, 6) is 1.69. The molecule has 2 N–H and O–H groups in total. The second kappa shape index (κ2) is 4.42. The molecule has 1 aromatic rings. The highest BCUT2D eigenvalue weighted by Crippen LogP contribution is 2.15. The first-order valence-corrected chi connectivity index (χ1v) is 4.87. The summed E-state index contributed by atoms with van der Waals surface area (Å²) in [7, 11) is 2.08. The van der Waals surface area contributed by atoms with E-state index in [0.717, 1.165) is 25.2 Å². The van der Waals surface area contributed by atoms with Gasteiger partial charge in [-0.1, -0.05) is 13.8 Å². The molecule has 0 radical (unpaired) electrons. The Morgan fingerprint density at radius 3 is 2.69 bits per heavy atom. The van der Waals surface area contributed by atoms with Gasteiger partial charge in [-0.15, -0.1) is 0 Å². The zero-order valence-electron chi connectivity index (χ0n) is 8.75. The van der Waals surface area contributed by atoms with E-state index in [-0.39, 0.29) is 0 Å². The largest absolute Gasteiger partial charge is 0.335 e. The summed E-state index contributed by atoms with van der Waals surface area (Å²) in [5.41, 5.74) is 6.75. The number of hydrogen-bond acceptors (Lipinski definition) is 2. The van der Waals surface area contributed by atoms with Crippen LogP contribution >= 0.6 is 0 Å². The Kier molecular flexibility index (Phi) is 3.48. The van der Waals surface area contributed by atoms with Crippen LogP contribution in [0.2, 0.25) is 0 Å². The Balaban J connectivity index is 2.74. The van der Waals surface area contributed by atoms with Gasteiger partial charge in [0.05, 0.1) is 0 Å². The summed E-state index contributed by atoms with van der Waals surface area (Å²) >= 11 is 0. The van der Waals surface area contributed by atoms with Crippen LogP contribution in [0.1, 0.15) is 37.7 Å². The molecule has 0 aliphatic heterocycles. The van der Waals surface area contributed by atoms with Crippen LogP contribution in [0.5, 0.6) is 0 Å². The summed E-state index contributed by atoms with van der Waals surface area (Å²) in [5, 5.41) is 0. The average Bonchev–Trinajstić information content (AvgIpc) is 2.43. The molecule has 0 aromatic carbocycles. The lowest BCUT2D eigenvalue weighted by molar-refractivity contribution is 0.681. The van der Waals surface area contributed by atoms with Gasteiger partial charge in [-0.25, -0.2) is 4.98 Å². The molecule has 0 amide bonds. The van der Waals surface area contributed by atoms with E-state index in [1.54, 1.807) is 0 Å². The number of nitrogens with zero attached hydrogens (tertiary/aromatic N) is 2. The van der Waals surface area contributed by atoms with Crippen molar-refractivity contribution in [2.75, 3.05) is 6.54 Å². The molecule has 0 bridgehead atoms. The molecule has 3 heteroatoms. The van der Waals surface area contributed by atoms with Gasteiger partial charge < -0.3 is 10.3 Å². The maximum absolute atomic E-state index is 5.46. The Hall–Kier alpha value is -0.830. The molecule has 13 heavy (non-hydrogen) atoms. The molecule has 1 heterocycles. The van der Waals surface area contributed by atoms with Crippen molar-refractivity contribution in [2.45, 2.75) is 32.6 Å². The molecule has 0 saturated carbocycles. The normalized spacial score (nSPS) is 11.2. The van der Waals surface area contributed by atoms with E-state index in [2.05, 4.69) is 30.4 Å². The van der Waals surface area contributed by atoms with E-state index in [4.69, 9.17) is 5.73 Å². The summed E-state index contributed by atoms with van der Waals surface area (Å²) in [4.78, 5) is 4.38. The number of rotatable bonds is 4. The molecular weight excluding hydrogens is 162 g/mol. The predicted molar refractivity (Wildman–Crippen MR) is 54.7 cm³/mol. The Morgan fingerprint density at radius 1 is 1.54 bits per heavy atom. The highest BCUT2D eigenvalue weighted by atomic mass is 15.1. The molecule has 0 fully saturated rings. The predicted octanol–water partition coefficient (Wildman–Crippen LogP) is 1.43. The van der Waals surface area contributed by atoms with Gasteiger partial charge in [-0.3, -0.25) is 0 Å². The van der Waals surface area contributed by atoms with E-state index in [1.165, 1.54) is 5.69 Å². The fourth-order valence-electron chi connectivity index (χ4n) is 1.49. The zero-order chi connectivity index (χ0) is 9.84. The van der Waals surface area contributed by atoms with Crippen LogP contribution < -0.4 is 5.73 Å². The molecule has 1 rings (SSSR count).